The molecule has 0 saturated heterocycles. The van der Waals surface area contributed by atoms with Gasteiger partial charge in [-0.1, -0.05) is 47.1 Å². The molecule has 0 amide bonds. The van der Waals surface area contributed by atoms with Crippen molar-refractivity contribution in [3.05, 3.63) is 93.2 Å². The summed E-state index contributed by atoms with van der Waals surface area (Å²) in [5.74, 6) is 1.35. The number of halogens is 1. The summed E-state index contributed by atoms with van der Waals surface area (Å²) in [7, 11) is 3.21. The number of ether oxygens (including phenoxy) is 2. The van der Waals surface area contributed by atoms with Crippen LogP contribution in [0.3, 0.4) is 0 Å². The maximum atomic E-state index is 13.3. The Morgan fingerprint density at radius 1 is 1.00 bits per heavy atom. The van der Waals surface area contributed by atoms with E-state index in [1.165, 1.54) is 0 Å². The minimum atomic E-state index is -0.414. The van der Waals surface area contributed by atoms with Gasteiger partial charge in [-0.25, -0.2) is 0 Å². The van der Waals surface area contributed by atoms with E-state index in [4.69, 9.17) is 25.9 Å². The fraction of sp³-hybridized carbons (Fsp3) is 0.154. The van der Waals surface area contributed by atoms with Gasteiger partial charge in [0.2, 0.25) is 0 Å². The van der Waals surface area contributed by atoms with E-state index in [0.717, 1.165) is 22.1 Å². The molecule has 3 aromatic carbocycles. The third kappa shape index (κ3) is 3.83. The molecule has 4 aromatic rings. The Bertz CT molecular complexity index is 1430. The van der Waals surface area contributed by atoms with Gasteiger partial charge >= 0.3 is 0 Å². The largest absolute Gasteiger partial charge is 0.497 e. The zero-order valence-electron chi connectivity index (χ0n) is 18.1. The SMILES string of the molecule is COc1ccc(OC)c([C@@H]2CC(c3c(-c4ccccc4)c4cc(Cl)ccc4[nH]c3=O)=NO2)c1. The van der Waals surface area contributed by atoms with Gasteiger partial charge in [-0.2, -0.15) is 0 Å². The zero-order valence-corrected chi connectivity index (χ0v) is 18.8. The van der Waals surface area contributed by atoms with Gasteiger partial charge in [0, 0.05) is 33.5 Å². The second-order valence-electron chi connectivity index (χ2n) is 7.70. The average molecular weight is 461 g/mol. The number of oxime groups is 1. The number of aromatic nitrogens is 1. The Hall–Kier alpha value is -3.77. The highest BCUT2D eigenvalue weighted by Crippen LogP contribution is 2.39. The Balaban J connectivity index is 1.65. The maximum absolute atomic E-state index is 13.3. The fourth-order valence-electron chi connectivity index (χ4n) is 4.23. The second-order valence-corrected chi connectivity index (χ2v) is 8.14. The first-order chi connectivity index (χ1) is 16.1. The average Bonchev–Trinajstić information content (AvgIpc) is 3.33. The molecule has 0 aliphatic carbocycles. The number of nitrogens with one attached hydrogen (secondary N) is 1. The van der Waals surface area contributed by atoms with E-state index in [-0.39, 0.29) is 5.56 Å². The highest BCUT2D eigenvalue weighted by Gasteiger charge is 2.30. The van der Waals surface area contributed by atoms with Crippen LogP contribution in [0, 0.1) is 0 Å². The normalized spacial score (nSPS) is 15.2. The number of fused-ring (bicyclic) bond motifs is 1. The van der Waals surface area contributed by atoms with E-state index in [9.17, 15) is 4.79 Å². The second kappa shape index (κ2) is 8.64. The van der Waals surface area contributed by atoms with Crippen LogP contribution in [0.4, 0.5) is 0 Å². The lowest BCUT2D eigenvalue weighted by atomic mass is 9.91. The van der Waals surface area contributed by atoms with Crippen LogP contribution in [0.15, 0.2) is 76.7 Å². The van der Waals surface area contributed by atoms with Crippen LogP contribution in [0.1, 0.15) is 23.7 Å². The first kappa shape index (κ1) is 21.1. The Morgan fingerprint density at radius 2 is 1.82 bits per heavy atom. The monoisotopic (exact) mass is 460 g/mol. The number of nitrogens with zero attached hydrogens (tertiary/aromatic N) is 1. The molecule has 1 aliphatic heterocycles. The Morgan fingerprint density at radius 3 is 2.58 bits per heavy atom. The number of hydrogen-bond donors (Lipinski definition) is 1. The topological polar surface area (TPSA) is 72.9 Å². The fourth-order valence-corrected chi connectivity index (χ4v) is 4.40. The minimum absolute atomic E-state index is 0.232. The molecular weight excluding hydrogens is 440 g/mol. The molecule has 1 atom stereocenters. The highest BCUT2D eigenvalue weighted by molar-refractivity contribution is 6.31. The molecule has 0 saturated carbocycles. The molecule has 1 aliphatic rings. The van der Waals surface area contributed by atoms with Gasteiger partial charge in [-0.3, -0.25) is 4.79 Å². The molecule has 0 spiro atoms. The van der Waals surface area contributed by atoms with E-state index in [1.807, 2.05) is 60.7 Å². The van der Waals surface area contributed by atoms with Crippen LogP contribution >= 0.6 is 11.6 Å². The summed E-state index contributed by atoms with van der Waals surface area (Å²) in [6.07, 6.45) is -0.0125. The lowest BCUT2D eigenvalue weighted by molar-refractivity contribution is 0.0835. The van der Waals surface area contributed by atoms with Crippen LogP contribution < -0.4 is 15.0 Å². The highest BCUT2D eigenvalue weighted by atomic mass is 35.5. The van der Waals surface area contributed by atoms with Crippen molar-refractivity contribution >= 4 is 28.2 Å². The van der Waals surface area contributed by atoms with Gasteiger partial charge in [0.1, 0.15) is 11.5 Å². The number of methoxy groups -OCH3 is 2. The molecule has 0 bridgehead atoms. The van der Waals surface area contributed by atoms with Gasteiger partial charge < -0.3 is 19.3 Å². The summed E-state index contributed by atoms with van der Waals surface area (Å²) in [5.41, 5.74) is 3.99. The van der Waals surface area contributed by atoms with Gasteiger partial charge in [0.15, 0.2) is 6.10 Å². The quantitative estimate of drug-likeness (QED) is 0.412. The van der Waals surface area contributed by atoms with E-state index in [2.05, 4.69) is 10.1 Å². The van der Waals surface area contributed by atoms with E-state index in [1.54, 1.807) is 20.3 Å². The van der Waals surface area contributed by atoms with Crippen molar-refractivity contribution in [3.63, 3.8) is 0 Å². The zero-order chi connectivity index (χ0) is 22.9. The molecular formula is C26H21ClN2O4. The molecule has 5 rings (SSSR count). The molecule has 2 heterocycles. The Kier molecular flexibility index (Phi) is 5.52. The van der Waals surface area contributed by atoms with E-state index in [0.29, 0.717) is 39.7 Å². The van der Waals surface area contributed by atoms with Crippen molar-refractivity contribution in [1.82, 2.24) is 4.98 Å². The molecule has 166 valence electrons. The van der Waals surface area contributed by atoms with Crippen molar-refractivity contribution in [1.29, 1.82) is 0 Å². The summed E-state index contributed by atoms with van der Waals surface area (Å²) in [5, 5.41) is 5.76. The van der Waals surface area contributed by atoms with Crippen molar-refractivity contribution in [2.24, 2.45) is 5.16 Å². The van der Waals surface area contributed by atoms with Crippen molar-refractivity contribution in [2.45, 2.75) is 12.5 Å². The van der Waals surface area contributed by atoms with Crippen LogP contribution in [-0.2, 0) is 4.84 Å². The minimum Gasteiger partial charge on any atom is -0.497 e. The van der Waals surface area contributed by atoms with E-state index >= 15 is 0 Å². The summed E-state index contributed by atoms with van der Waals surface area (Å²) >= 11 is 6.32. The standard InChI is InChI=1S/C26H21ClN2O4/c1-31-17-9-11-22(32-2)19(13-17)23-14-21(29-33-23)25-24(15-6-4-3-5-7-15)18-12-16(27)8-10-20(18)28-26(25)30/h3-13,23H,14H2,1-2H3,(H,28,30)/t23-/m0/s1. The maximum Gasteiger partial charge on any atom is 0.258 e. The smallest absolute Gasteiger partial charge is 0.258 e. The van der Waals surface area contributed by atoms with Crippen molar-refractivity contribution in [2.75, 3.05) is 14.2 Å². The van der Waals surface area contributed by atoms with Gasteiger partial charge in [-0.05, 0) is 42.0 Å². The van der Waals surface area contributed by atoms with Crippen molar-refractivity contribution in [3.8, 4) is 22.6 Å². The predicted octanol–water partition coefficient (Wildman–Crippen LogP) is 5.73. The lowest BCUT2D eigenvalue weighted by Crippen LogP contribution is -2.20. The lowest BCUT2D eigenvalue weighted by Gasteiger charge is -2.15. The van der Waals surface area contributed by atoms with Gasteiger partial charge in [0.25, 0.3) is 5.56 Å². The molecule has 33 heavy (non-hydrogen) atoms. The van der Waals surface area contributed by atoms with Gasteiger partial charge in [-0.15, -0.1) is 0 Å². The molecule has 1 aromatic heterocycles. The van der Waals surface area contributed by atoms with Crippen LogP contribution in [0.2, 0.25) is 5.02 Å². The van der Waals surface area contributed by atoms with Crippen molar-refractivity contribution < 1.29 is 14.3 Å². The number of aromatic amines is 1. The number of hydrogen-bond acceptors (Lipinski definition) is 5. The number of pyridine rings is 1. The summed E-state index contributed by atoms with van der Waals surface area (Å²) in [6, 6.07) is 20.7. The van der Waals surface area contributed by atoms with Crippen LogP contribution in [0.25, 0.3) is 22.0 Å². The number of rotatable bonds is 5. The summed E-state index contributed by atoms with van der Waals surface area (Å²) < 4.78 is 10.9. The van der Waals surface area contributed by atoms with Crippen LogP contribution in [-0.4, -0.2) is 24.9 Å². The third-order valence-corrected chi connectivity index (χ3v) is 6.01. The summed E-state index contributed by atoms with van der Waals surface area (Å²) in [4.78, 5) is 22.1. The first-order valence-corrected chi connectivity index (χ1v) is 10.8. The summed E-state index contributed by atoms with van der Waals surface area (Å²) in [6.45, 7) is 0. The third-order valence-electron chi connectivity index (χ3n) is 5.78. The molecule has 7 heteroatoms. The first-order valence-electron chi connectivity index (χ1n) is 10.4. The molecule has 0 fully saturated rings. The number of H-pyrrole nitrogens is 1. The molecule has 0 radical (unpaired) electrons. The molecule has 1 N–H and O–H groups in total. The van der Waals surface area contributed by atoms with Gasteiger partial charge in [0.05, 0.1) is 25.5 Å². The van der Waals surface area contributed by atoms with E-state index < -0.39 is 6.10 Å². The molecule has 6 nitrogen and oxygen atoms in total. The molecule has 0 unspecified atom stereocenters. The number of benzene rings is 3. The predicted molar refractivity (Wildman–Crippen MR) is 130 cm³/mol. The Labute approximate surface area is 195 Å². The van der Waals surface area contributed by atoms with Crippen LogP contribution in [0.5, 0.6) is 11.5 Å².